The SMILES string of the molecule is Cc1cc(Cl)nc(NC(=O)C(N)CCC(=O)O)n1. The van der Waals surface area contributed by atoms with Gasteiger partial charge >= 0.3 is 5.97 Å². The predicted octanol–water partition coefficient (Wildman–Crippen LogP) is 0.569. The molecule has 0 saturated heterocycles. The average molecular weight is 273 g/mol. The van der Waals surface area contributed by atoms with Crippen molar-refractivity contribution in [1.29, 1.82) is 0 Å². The van der Waals surface area contributed by atoms with Gasteiger partial charge in [-0.1, -0.05) is 11.6 Å². The molecule has 0 saturated carbocycles. The van der Waals surface area contributed by atoms with Crippen molar-refractivity contribution >= 4 is 29.4 Å². The molecule has 0 bridgehead atoms. The van der Waals surface area contributed by atoms with Gasteiger partial charge in [0.05, 0.1) is 6.04 Å². The Morgan fingerprint density at radius 3 is 2.78 bits per heavy atom. The topological polar surface area (TPSA) is 118 Å². The third-order valence-corrected chi connectivity index (χ3v) is 2.26. The van der Waals surface area contributed by atoms with Crippen LogP contribution in [0.4, 0.5) is 5.95 Å². The highest BCUT2D eigenvalue weighted by molar-refractivity contribution is 6.29. The minimum absolute atomic E-state index is 0.0424. The lowest BCUT2D eigenvalue weighted by Crippen LogP contribution is -2.36. The van der Waals surface area contributed by atoms with E-state index >= 15 is 0 Å². The third kappa shape index (κ3) is 4.64. The maximum Gasteiger partial charge on any atom is 0.303 e. The molecule has 0 aliphatic heterocycles. The second kappa shape index (κ2) is 6.27. The summed E-state index contributed by atoms with van der Waals surface area (Å²) in [5.41, 5.74) is 6.13. The highest BCUT2D eigenvalue weighted by Gasteiger charge is 2.16. The molecule has 0 spiro atoms. The number of carboxylic acid groups (broad SMARTS) is 1. The molecule has 1 heterocycles. The van der Waals surface area contributed by atoms with Crippen LogP contribution in [-0.4, -0.2) is 33.0 Å². The van der Waals surface area contributed by atoms with Gasteiger partial charge in [-0.25, -0.2) is 9.97 Å². The van der Waals surface area contributed by atoms with Gasteiger partial charge in [0.1, 0.15) is 5.15 Å². The summed E-state index contributed by atoms with van der Waals surface area (Å²) in [6, 6.07) is 0.616. The molecule has 8 heteroatoms. The van der Waals surface area contributed by atoms with Crippen LogP contribution in [0.25, 0.3) is 0 Å². The number of carbonyl (C=O) groups excluding carboxylic acids is 1. The van der Waals surface area contributed by atoms with Crippen LogP contribution in [0, 0.1) is 6.92 Å². The Bertz CT molecular complexity index is 446. The van der Waals surface area contributed by atoms with Crippen LogP contribution in [0.3, 0.4) is 0 Å². The van der Waals surface area contributed by atoms with Crippen LogP contribution in [0.2, 0.25) is 5.15 Å². The molecule has 1 aromatic rings. The van der Waals surface area contributed by atoms with Gasteiger partial charge in [-0.3, -0.25) is 14.9 Å². The zero-order valence-corrected chi connectivity index (χ0v) is 10.4. The summed E-state index contributed by atoms with van der Waals surface area (Å²) < 4.78 is 0. The number of aromatic nitrogens is 2. The van der Waals surface area contributed by atoms with Gasteiger partial charge in [0.25, 0.3) is 0 Å². The van der Waals surface area contributed by atoms with Crippen molar-refractivity contribution in [1.82, 2.24) is 9.97 Å². The molecule has 7 nitrogen and oxygen atoms in total. The van der Waals surface area contributed by atoms with Gasteiger partial charge in [0.2, 0.25) is 11.9 Å². The Balaban J connectivity index is 2.60. The summed E-state index contributed by atoms with van der Waals surface area (Å²) in [4.78, 5) is 29.7. The minimum Gasteiger partial charge on any atom is -0.481 e. The molecule has 1 rings (SSSR count). The van der Waals surface area contributed by atoms with Gasteiger partial charge in [-0.05, 0) is 19.4 Å². The van der Waals surface area contributed by atoms with E-state index in [9.17, 15) is 9.59 Å². The van der Waals surface area contributed by atoms with E-state index in [1.165, 1.54) is 0 Å². The lowest BCUT2D eigenvalue weighted by Gasteiger charge is -2.10. The summed E-state index contributed by atoms with van der Waals surface area (Å²) in [5.74, 6) is -1.50. The molecular weight excluding hydrogens is 260 g/mol. The molecule has 4 N–H and O–H groups in total. The first-order valence-corrected chi connectivity index (χ1v) is 5.55. The Hall–Kier alpha value is -1.73. The number of nitrogens with zero attached hydrogens (tertiary/aromatic N) is 2. The number of rotatable bonds is 5. The summed E-state index contributed by atoms with van der Waals surface area (Å²) in [6.45, 7) is 1.70. The summed E-state index contributed by atoms with van der Waals surface area (Å²) in [7, 11) is 0. The molecule has 0 aliphatic rings. The molecule has 1 atom stereocenters. The number of hydrogen-bond acceptors (Lipinski definition) is 5. The van der Waals surface area contributed by atoms with Crippen LogP contribution < -0.4 is 11.1 Å². The fraction of sp³-hybridized carbons (Fsp3) is 0.400. The molecule has 98 valence electrons. The van der Waals surface area contributed by atoms with Crippen molar-refractivity contribution in [3.05, 3.63) is 16.9 Å². The average Bonchev–Trinajstić information content (AvgIpc) is 2.24. The van der Waals surface area contributed by atoms with Crippen molar-refractivity contribution in [2.45, 2.75) is 25.8 Å². The number of carboxylic acids is 1. The first-order valence-electron chi connectivity index (χ1n) is 5.18. The Morgan fingerprint density at radius 1 is 1.56 bits per heavy atom. The Kier molecular flexibility index (Phi) is 4.99. The second-order valence-electron chi connectivity index (χ2n) is 3.68. The number of carbonyl (C=O) groups is 2. The van der Waals surface area contributed by atoms with Crippen LogP contribution in [0.1, 0.15) is 18.5 Å². The van der Waals surface area contributed by atoms with Gasteiger partial charge in [-0.15, -0.1) is 0 Å². The zero-order chi connectivity index (χ0) is 13.7. The normalized spacial score (nSPS) is 11.9. The van der Waals surface area contributed by atoms with E-state index in [0.717, 1.165) is 0 Å². The fourth-order valence-electron chi connectivity index (χ4n) is 1.20. The van der Waals surface area contributed by atoms with Crippen molar-refractivity contribution < 1.29 is 14.7 Å². The van der Waals surface area contributed by atoms with E-state index in [4.69, 9.17) is 22.4 Å². The van der Waals surface area contributed by atoms with Gasteiger partial charge in [0.15, 0.2) is 0 Å². The molecule has 1 amide bonds. The molecule has 18 heavy (non-hydrogen) atoms. The van der Waals surface area contributed by atoms with E-state index in [1.807, 2.05) is 0 Å². The Labute approximate surface area is 108 Å². The largest absolute Gasteiger partial charge is 0.481 e. The standard InChI is InChI=1S/C10H13ClN4O3/c1-5-4-7(11)14-10(13-5)15-9(18)6(12)2-3-8(16)17/h4,6H,2-3,12H2,1H3,(H,16,17)(H,13,14,15,18). The van der Waals surface area contributed by atoms with Gasteiger partial charge < -0.3 is 10.8 Å². The second-order valence-corrected chi connectivity index (χ2v) is 4.07. The molecule has 0 aliphatic carbocycles. The lowest BCUT2D eigenvalue weighted by molar-refractivity contribution is -0.137. The first-order chi connectivity index (χ1) is 8.38. The molecule has 1 aromatic heterocycles. The highest BCUT2D eigenvalue weighted by atomic mass is 35.5. The third-order valence-electron chi connectivity index (χ3n) is 2.06. The number of halogens is 1. The molecular formula is C10H13ClN4O3. The van der Waals surface area contributed by atoms with E-state index in [2.05, 4.69) is 15.3 Å². The van der Waals surface area contributed by atoms with E-state index in [-0.39, 0.29) is 23.9 Å². The van der Waals surface area contributed by atoms with Crippen LogP contribution in [0.5, 0.6) is 0 Å². The molecule has 1 unspecified atom stereocenters. The number of nitrogens with two attached hydrogens (primary N) is 1. The quantitative estimate of drug-likeness (QED) is 0.674. The lowest BCUT2D eigenvalue weighted by atomic mass is 10.1. The number of aryl methyl sites for hydroxylation is 1. The number of aliphatic carboxylic acids is 1. The van der Waals surface area contributed by atoms with E-state index < -0.39 is 17.9 Å². The van der Waals surface area contributed by atoms with Gasteiger partial charge in [0, 0.05) is 12.1 Å². The van der Waals surface area contributed by atoms with Crippen molar-refractivity contribution in [2.75, 3.05) is 5.32 Å². The first kappa shape index (κ1) is 14.3. The van der Waals surface area contributed by atoms with Crippen LogP contribution in [-0.2, 0) is 9.59 Å². The number of hydrogen-bond donors (Lipinski definition) is 3. The fourth-order valence-corrected chi connectivity index (χ4v) is 1.44. The number of anilines is 1. The van der Waals surface area contributed by atoms with E-state index in [1.54, 1.807) is 13.0 Å². The summed E-state index contributed by atoms with van der Waals surface area (Å²) >= 11 is 5.70. The molecule has 0 aromatic carbocycles. The molecule has 0 radical (unpaired) electrons. The summed E-state index contributed by atoms with van der Waals surface area (Å²) in [6.07, 6.45) is -0.134. The van der Waals surface area contributed by atoms with Crippen molar-refractivity contribution in [2.24, 2.45) is 5.73 Å². The van der Waals surface area contributed by atoms with Crippen molar-refractivity contribution in [3.63, 3.8) is 0 Å². The van der Waals surface area contributed by atoms with Gasteiger partial charge in [-0.2, -0.15) is 0 Å². The smallest absolute Gasteiger partial charge is 0.303 e. The zero-order valence-electron chi connectivity index (χ0n) is 9.68. The minimum atomic E-state index is -1.01. The van der Waals surface area contributed by atoms with Crippen LogP contribution in [0.15, 0.2) is 6.07 Å². The Morgan fingerprint density at radius 2 is 2.22 bits per heavy atom. The van der Waals surface area contributed by atoms with Crippen molar-refractivity contribution in [3.8, 4) is 0 Å². The maximum absolute atomic E-state index is 11.6. The number of nitrogens with one attached hydrogen (secondary N) is 1. The number of amides is 1. The highest BCUT2D eigenvalue weighted by Crippen LogP contribution is 2.10. The molecule has 0 fully saturated rings. The summed E-state index contributed by atoms with van der Waals surface area (Å²) in [5, 5.41) is 11.1. The monoisotopic (exact) mass is 272 g/mol. The predicted molar refractivity (Wildman–Crippen MR) is 65.3 cm³/mol. The van der Waals surface area contributed by atoms with Crippen LogP contribution >= 0.6 is 11.6 Å². The maximum atomic E-state index is 11.6. The van der Waals surface area contributed by atoms with E-state index in [0.29, 0.717) is 5.69 Å².